The summed E-state index contributed by atoms with van der Waals surface area (Å²) >= 11 is 0. The van der Waals surface area contributed by atoms with Gasteiger partial charge >= 0.3 is 0 Å². The normalized spacial score (nSPS) is 12.7. The smallest absolute Gasteiger partial charge is 0.258 e. The molecule has 3 aromatic carbocycles. The summed E-state index contributed by atoms with van der Waals surface area (Å²) in [5, 5.41) is 4.80. The van der Waals surface area contributed by atoms with E-state index < -0.39 is 0 Å². The summed E-state index contributed by atoms with van der Waals surface area (Å²) in [4.78, 5) is 27.5. The van der Waals surface area contributed by atoms with Crippen LogP contribution in [0.1, 0.15) is 54.3 Å². The minimum atomic E-state index is -0.195. The Hall–Kier alpha value is -3.34. The molecule has 1 aliphatic rings. The number of unbranched alkanes of at least 4 members (excludes halogenated alkanes) is 1. The SMILES string of the molecule is CCCCN1C(=O)c2cccc3c(NC(=O)c4ccc(OC(C)C)cc4)ccc1c23. The molecule has 0 aliphatic carbocycles. The molecule has 5 heteroatoms. The lowest BCUT2D eigenvalue weighted by Crippen LogP contribution is -2.27. The van der Waals surface area contributed by atoms with Crippen LogP contribution in [0.2, 0.25) is 0 Å². The molecule has 1 N–H and O–H groups in total. The largest absolute Gasteiger partial charge is 0.491 e. The fraction of sp³-hybridized carbons (Fsp3) is 0.280. The van der Waals surface area contributed by atoms with Gasteiger partial charge in [-0.3, -0.25) is 9.59 Å². The van der Waals surface area contributed by atoms with E-state index >= 15 is 0 Å². The zero-order chi connectivity index (χ0) is 21.3. The number of anilines is 2. The second-order valence-electron chi connectivity index (χ2n) is 7.82. The predicted octanol–water partition coefficient (Wildman–Crippen LogP) is 5.64. The van der Waals surface area contributed by atoms with Crippen molar-refractivity contribution in [3.8, 4) is 5.75 Å². The number of benzene rings is 3. The Morgan fingerprint density at radius 2 is 1.83 bits per heavy atom. The minimum absolute atomic E-state index is 0.0354. The van der Waals surface area contributed by atoms with Crippen LogP contribution < -0.4 is 15.0 Å². The van der Waals surface area contributed by atoms with E-state index in [9.17, 15) is 9.59 Å². The van der Waals surface area contributed by atoms with Gasteiger partial charge in [-0.2, -0.15) is 0 Å². The van der Waals surface area contributed by atoms with Crippen molar-refractivity contribution in [1.29, 1.82) is 0 Å². The van der Waals surface area contributed by atoms with E-state index in [1.807, 2.05) is 49.1 Å². The monoisotopic (exact) mass is 402 g/mol. The predicted molar refractivity (Wildman–Crippen MR) is 121 cm³/mol. The lowest BCUT2D eigenvalue weighted by atomic mass is 10.0. The lowest BCUT2D eigenvalue weighted by Gasteiger charge is -2.17. The molecule has 0 spiro atoms. The summed E-state index contributed by atoms with van der Waals surface area (Å²) < 4.78 is 5.64. The molecule has 0 saturated carbocycles. The third-order valence-electron chi connectivity index (χ3n) is 5.26. The summed E-state index contributed by atoms with van der Waals surface area (Å²) in [6.07, 6.45) is 2.06. The first-order valence-electron chi connectivity index (χ1n) is 10.4. The summed E-state index contributed by atoms with van der Waals surface area (Å²) in [5.74, 6) is 0.574. The van der Waals surface area contributed by atoms with Crippen LogP contribution in [0.25, 0.3) is 10.8 Å². The minimum Gasteiger partial charge on any atom is -0.491 e. The van der Waals surface area contributed by atoms with Crippen LogP contribution in [0.5, 0.6) is 5.75 Å². The van der Waals surface area contributed by atoms with Crippen LogP contribution in [0.3, 0.4) is 0 Å². The number of ether oxygens (including phenoxy) is 1. The van der Waals surface area contributed by atoms with Crippen molar-refractivity contribution in [3.63, 3.8) is 0 Å². The van der Waals surface area contributed by atoms with Crippen LogP contribution >= 0.6 is 0 Å². The Morgan fingerprint density at radius 1 is 1.07 bits per heavy atom. The highest BCUT2D eigenvalue weighted by molar-refractivity contribution is 6.27. The molecular formula is C25H26N2O3. The zero-order valence-corrected chi connectivity index (χ0v) is 17.6. The fourth-order valence-corrected chi connectivity index (χ4v) is 3.84. The van der Waals surface area contributed by atoms with E-state index in [2.05, 4.69) is 12.2 Å². The van der Waals surface area contributed by atoms with Gasteiger partial charge in [0, 0.05) is 34.1 Å². The van der Waals surface area contributed by atoms with E-state index in [4.69, 9.17) is 4.74 Å². The van der Waals surface area contributed by atoms with Crippen molar-refractivity contribution in [2.24, 2.45) is 0 Å². The molecule has 0 bridgehead atoms. The second-order valence-corrected chi connectivity index (χ2v) is 7.82. The third-order valence-corrected chi connectivity index (χ3v) is 5.26. The van der Waals surface area contributed by atoms with E-state index in [1.165, 1.54) is 0 Å². The zero-order valence-electron chi connectivity index (χ0n) is 17.6. The van der Waals surface area contributed by atoms with E-state index in [0.29, 0.717) is 23.4 Å². The highest BCUT2D eigenvalue weighted by atomic mass is 16.5. The first kappa shape index (κ1) is 20.0. The molecular weight excluding hydrogens is 376 g/mol. The second kappa shape index (κ2) is 8.19. The maximum atomic E-state index is 12.9. The molecule has 2 amide bonds. The number of carbonyl (C=O) groups is 2. The van der Waals surface area contributed by atoms with Gasteiger partial charge in [0.05, 0.1) is 11.8 Å². The molecule has 4 rings (SSSR count). The number of hydrogen-bond acceptors (Lipinski definition) is 3. The first-order valence-corrected chi connectivity index (χ1v) is 10.4. The van der Waals surface area contributed by atoms with Gasteiger partial charge in [-0.15, -0.1) is 0 Å². The number of nitrogens with one attached hydrogen (secondary N) is 1. The number of rotatable bonds is 7. The topological polar surface area (TPSA) is 58.6 Å². The fourth-order valence-electron chi connectivity index (χ4n) is 3.84. The highest BCUT2D eigenvalue weighted by Crippen LogP contribution is 2.40. The van der Waals surface area contributed by atoms with Crippen LogP contribution in [0, 0.1) is 0 Å². The maximum absolute atomic E-state index is 12.9. The first-order chi connectivity index (χ1) is 14.5. The molecule has 0 radical (unpaired) electrons. The number of carbonyl (C=O) groups excluding carboxylic acids is 2. The van der Waals surface area contributed by atoms with Crippen molar-refractivity contribution in [2.75, 3.05) is 16.8 Å². The van der Waals surface area contributed by atoms with Crippen LogP contribution in [-0.2, 0) is 0 Å². The summed E-state index contributed by atoms with van der Waals surface area (Å²) in [6.45, 7) is 6.74. The van der Waals surface area contributed by atoms with Crippen LogP contribution in [-0.4, -0.2) is 24.5 Å². The Labute approximate surface area is 176 Å². The van der Waals surface area contributed by atoms with E-state index in [-0.39, 0.29) is 17.9 Å². The van der Waals surface area contributed by atoms with Gasteiger partial charge in [0.2, 0.25) is 0 Å². The third kappa shape index (κ3) is 3.63. The van der Waals surface area contributed by atoms with Crippen LogP contribution in [0.15, 0.2) is 54.6 Å². The molecule has 30 heavy (non-hydrogen) atoms. The Balaban J connectivity index is 1.63. The van der Waals surface area contributed by atoms with Crippen molar-refractivity contribution < 1.29 is 14.3 Å². The van der Waals surface area contributed by atoms with Gasteiger partial charge in [0.25, 0.3) is 11.8 Å². The maximum Gasteiger partial charge on any atom is 0.258 e. The molecule has 1 aliphatic heterocycles. The molecule has 0 aromatic heterocycles. The molecule has 0 saturated heterocycles. The Bertz CT molecular complexity index is 1100. The Kier molecular flexibility index (Phi) is 5.44. The molecule has 3 aromatic rings. The van der Waals surface area contributed by atoms with Gasteiger partial charge in [-0.1, -0.05) is 25.5 Å². The van der Waals surface area contributed by atoms with Crippen LogP contribution in [0.4, 0.5) is 11.4 Å². The summed E-state index contributed by atoms with van der Waals surface area (Å²) in [6, 6.07) is 16.6. The molecule has 0 unspecified atom stereocenters. The number of amides is 2. The molecule has 0 atom stereocenters. The molecule has 0 fully saturated rings. The Morgan fingerprint density at radius 3 is 2.53 bits per heavy atom. The van der Waals surface area contributed by atoms with Crippen molar-refractivity contribution >= 4 is 34.0 Å². The van der Waals surface area contributed by atoms with E-state index in [1.54, 1.807) is 24.3 Å². The summed E-state index contributed by atoms with van der Waals surface area (Å²) in [7, 11) is 0. The van der Waals surface area contributed by atoms with Gasteiger partial charge in [0.1, 0.15) is 5.75 Å². The quantitative estimate of drug-likeness (QED) is 0.556. The standard InChI is InChI=1S/C25H26N2O3/c1-4-5-15-27-22-14-13-21(19-7-6-8-20(23(19)22)25(27)29)26-24(28)17-9-11-18(12-10-17)30-16(2)3/h6-14,16H,4-5,15H2,1-3H3,(H,26,28). The van der Waals surface area contributed by atoms with Gasteiger partial charge in [0.15, 0.2) is 0 Å². The molecule has 1 heterocycles. The lowest BCUT2D eigenvalue weighted by molar-refractivity contribution is 0.0991. The highest BCUT2D eigenvalue weighted by Gasteiger charge is 2.30. The van der Waals surface area contributed by atoms with Gasteiger partial charge in [-0.05, 0) is 62.7 Å². The van der Waals surface area contributed by atoms with Crippen molar-refractivity contribution in [1.82, 2.24) is 0 Å². The average Bonchev–Trinajstić information content (AvgIpc) is 3.01. The van der Waals surface area contributed by atoms with Gasteiger partial charge in [-0.25, -0.2) is 0 Å². The number of hydrogen-bond donors (Lipinski definition) is 1. The van der Waals surface area contributed by atoms with E-state index in [0.717, 1.165) is 35.1 Å². The molecule has 154 valence electrons. The van der Waals surface area contributed by atoms with Crippen molar-refractivity contribution in [2.45, 2.75) is 39.7 Å². The van der Waals surface area contributed by atoms with Crippen molar-refractivity contribution in [3.05, 3.63) is 65.7 Å². The molecule has 5 nitrogen and oxygen atoms in total. The summed E-state index contributed by atoms with van der Waals surface area (Å²) in [5.41, 5.74) is 2.88. The number of nitrogens with zero attached hydrogens (tertiary/aromatic N) is 1. The average molecular weight is 402 g/mol. The van der Waals surface area contributed by atoms with Gasteiger partial charge < -0.3 is 15.0 Å².